The molecule has 2 amide bonds. The number of halogens is 3. The lowest BCUT2D eigenvalue weighted by molar-refractivity contribution is -0.138. The zero-order valence-electron chi connectivity index (χ0n) is 19.0. The molecule has 1 saturated heterocycles. The van der Waals surface area contributed by atoms with Crippen molar-refractivity contribution in [1.82, 2.24) is 10.6 Å². The summed E-state index contributed by atoms with van der Waals surface area (Å²) < 4.78 is 55.8. The van der Waals surface area contributed by atoms with Gasteiger partial charge in [0.1, 0.15) is 28.4 Å². The average molecular weight is 480 g/mol. The molecule has 2 aromatic carbocycles. The zero-order chi connectivity index (χ0) is 24.8. The van der Waals surface area contributed by atoms with Gasteiger partial charge in [0.15, 0.2) is 0 Å². The number of amides is 2. The van der Waals surface area contributed by atoms with E-state index in [1.807, 2.05) is 0 Å². The highest BCUT2D eigenvalue weighted by Gasteiger charge is 2.41. The maximum atomic E-state index is 13.4. The molecule has 34 heavy (non-hydrogen) atoms. The van der Waals surface area contributed by atoms with E-state index in [2.05, 4.69) is 10.6 Å². The van der Waals surface area contributed by atoms with Gasteiger partial charge in [0, 0.05) is 39.0 Å². The second kappa shape index (κ2) is 10.8. The van der Waals surface area contributed by atoms with Gasteiger partial charge in [-0.1, -0.05) is 19.1 Å². The number of hydrogen-bond acceptors (Lipinski definition) is 5. The van der Waals surface area contributed by atoms with Crippen LogP contribution >= 0.6 is 0 Å². The fourth-order valence-corrected chi connectivity index (χ4v) is 3.58. The van der Waals surface area contributed by atoms with Gasteiger partial charge in [0.25, 0.3) is 0 Å². The predicted molar refractivity (Wildman–Crippen MR) is 118 cm³/mol. The van der Waals surface area contributed by atoms with E-state index in [1.165, 1.54) is 31.4 Å². The van der Waals surface area contributed by atoms with Gasteiger partial charge >= 0.3 is 6.18 Å². The first-order chi connectivity index (χ1) is 16.2. The molecule has 0 radical (unpaired) electrons. The summed E-state index contributed by atoms with van der Waals surface area (Å²) in [6, 6.07) is 9.81. The molecule has 0 atom stereocenters. The van der Waals surface area contributed by atoms with Crippen molar-refractivity contribution in [3.63, 3.8) is 0 Å². The monoisotopic (exact) mass is 480 g/mol. The summed E-state index contributed by atoms with van der Waals surface area (Å²) in [5, 5.41) is 5.67. The van der Waals surface area contributed by atoms with Crippen molar-refractivity contribution in [2.75, 3.05) is 20.3 Å². The van der Waals surface area contributed by atoms with Gasteiger partial charge in [-0.2, -0.15) is 13.2 Å². The molecule has 0 aliphatic carbocycles. The van der Waals surface area contributed by atoms with Gasteiger partial charge < -0.3 is 24.8 Å². The van der Waals surface area contributed by atoms with Gasteiger partial charge in [-0.15, -0.1) is 0 Å². The molecule has 10 heteroatoms. The number of carbonyl (C=O) groups excluding carboxylic acids is 2. The minimum absolute atomic E-state index is 0.0724. The molecule has 0 unspecified atom stereocenters. The van der Waals surface area contributed by atoms with Gasteiger partial charge in [-0.25, -0.2) is 0 Å². The van der Waals surface area contributed by atoms with E-state index in [0.717, 1.165) is 11.6 Å². The van der Waals surface area contributed by atoms with Crippen LogP contribution < -0.4 is 20.1 Å². The summed E-state index contributed by atoms with van der Waals surface area (Å²) in [4.78, 5) is 24.9. The molecule has 0 spiro atoms. The van der Waals surface area contributed by atoms with Crippen LogP contribution in [0.2, 0.25) is 0 Å². The van der Waals surface area contributed by atoms with Gasteiger partial charge in [-0.05, 0) is 35.9 Å². The van der Waals surface area contributed by atoms with Crippen molar-refractivity contribution in [2.45, 2.75) is 44.4 Å². The van der Waals surface area contributed by atoms with E-state index in [1.54, 1.807) is 19.1 Å². The highest BCUT2D eigenvalue weighted by atomic mass is 19.4. The Morgan fingerprint density at radius 2 is 1.71 bits per heavy atom. The zero-order valence-corrected chi connectivity index (χ0v) is 19.0. The second-order valence-electron chi connectivity index (χ2n) is 7.88. The Kier molecular flexibility index (Phi) is 8.03. The second-order valence-corrected chi connectivity index (χ2v) is 7.88. The summed E-state index contributed by atoms with van der Waals surface area (Å²) in [7, 11) is 1.29. The minimum atomic E-state index is -4.61. The Hall–Kier alpha value is -3.27. The van der Waals surface area contributed by atoms with E-state index >= 15 is 0 Å². The highest BCUT2D eigenvalue weighted by molar-refractivity contribution is 5.91. The molecule has 1 fully saturated rings. The number of methoxy groups -OCH3 is 1. The van der Waals surface area contributed by atoms with Crippen molar-refractivity contribution < 1.29 is 37.0 Å². The summed E-state index contributed by atoms with van der Waals surface area (Å²) in [5.74, 6) is -0.575. The number of ether oxygens (including phenoxy) is 3. The van der Waals surface area contributed by atoms with Gasteiger partial charge in [-0.3, -0.25) is 9.59 Å². The van der Waals surface area contributed by atoms with E-state index in [9.17, 15) is 22.8 Å². The third-order valence-electron chi connectivity index (χ3n) is 5.58. The lowest BCUT2D eigenvalue weighted by Crippen LogP contribution is -2.61. The molecule has 2 N–H and O–H groups in total. The predicted octanol–water partition coefficient (Wildman–Crippen LogP) is 4.20. The van der Waals surface area contributed by atoms with Gasteiger partial charge in [0.2, 0.25) is 11.8 Å². The van der Waals surface area contributed by atoms with Crippen LogP contribution in [0.1, 0.15) is 37.3 Å². The molecule has 0 saturated carbocycles. The van der Waals surface area contributed by atoms with Crippen LogP contribution in [-0.2, 0) is 27.0 Å². The Labute approximate surface area is 195 Å². The topological polar surface area (TPSA) is 85.9 Å². The lowest BCUT2D eigenvalue weighted by atomic mass is 9.88. The smallest absolute Gasteiger partial charge is 0.420 e. The van der Waals surface area contributed by atoms with Crippen LogP contribution in [0.5, 0.6) is 17.2 Å². The molecule has 1 heterocycles. The van der Waals surface area contributed by atoms with Crippen molar-refractivity contribution in [3.05, 3.63) is 53.6 Å². The van der Waals surface area contributed by atoms with Crippen LogP contribution in [0.4, 0.5) is 13.2 Å². The number of benzene rings is 2. The Morgan fingerprint density at radius 1 is 1.06 bits per heavy atom. The average Bonchev–Trinajstić information content (AvgIpc) is 2.83. The highest BCUT2D eigenvalue weighted by Crippen LogP contribution is 2.40. The summed E-state index contributed by atoms with van der Waals surface area (Å²) in [6.45, 7) is 2.64. The molecule has 3 rings (SSSR count). The summed E-state index contributed by atoms with van der Waals surface area (Å²) >= 11 is 0. The van der Waals surface area contributed by atoms with Crippen molar-refractivity contribution in [1.29, 1.82) is 0 Å². The minimum Gasteiger partial charge on any atom is -0.497 e. The maximum Gasteiger partial charge on any atom is 0.420 e. The third-order valence-corrected chi connectivity index (χ3v) is 5.58. The molecule has 1 aliphatic heterocycles. The molecule has 184 valence electrons. The van der Waals surface area contributed by atoms with Crippen LogP contribution in [-0.4, -0.2) is 37.7 Å². The molecule has 0 aromatic heterocycles. The van der Waals surface area contributed by atoms with E-state index < -0.39 is 17.3 Å². The largest absolute Gasteiger partial charge is 0.497 e. The molecule has 2 aromatic rings. The fraction of sp³-hybridized carbons (Fsp3) is 0.417. The third kappa shape index (κ3) is 6.19. The molecule has 1 aliphatic rings. The standard InChI is InChI=1S/C24H27F3N2O5/c1-3-21(30)29-23(10-12-33-13-11-23)22(31)28-15-16-4-6-17(7-5-16)34-20-9-8-18(32-2)14-19(20)24(25,26)27/h4-9,14H,3,10-13,15H2,1-2H3,(H,28,31)(H,29,30). The number of hydrogen-bond donors (Lipinski definition) is 2. The number of rotatable bonds is 8. The van der Waals surface area contributed by atoms with Crippen molar-refractivity contribution in [2.24, 2.45) is 0 Å². The van der Waals surface area contributed by atoms with E-state index in [-0.39, 0.29) is 42.0 Å². The van der Waals surface area contributed by atoms with Crippen LogP contribution in [0.25, 0.3) is 0 Å². The normalized spacial score (nSPS) is 15.3. The number of carbonyl (C=O) groups is 2. The first kappa shape index (κ1) is 25.4. The molecule has 7 nitrogen and oxygen atoms in total. The van der Waals surface area contributed by atoms with E-state index in [4.69, 9.17) is 14.2 Å². The SMILES string of the molecule is CCC(=O)NC1(C(=O)NCc2ccc(Oc3ccc(OC)cc3C(F)(F)F)cc2)CCOCC1. The first-order valence-electron chi connectivity index (χ1n) is 10.9. The van der Waals surface area contributed by atoms with Crippen molar-refractivity contribution >= 4 is 11.8 Å². The lowest BCUT2D eigenvalue weighted by Gasteiger charge is -2.36. The van der Waals surface area contributed by atoms with Crippen LogP contribution in [0.15, 0.2) is 42.5 Å². The van der Waals surface area contributed by atoms with E-state index in [0.29, 0.717) is 26.1 Å². The van der Waals surface area contributed by atoms with Crippen LogP contribution in [0, 0.1) is 0 Å². The number of nitrogens with one attached hydrogen (secondary N) is 2. The Bertz CT molecular complexity index is 1000. The molecular formula is C24H27F3N2O5. The number of alkyl halides is 3. The molecule has 0 bridgehead atoms. The Balaban J connectivity index is 1.66. The fourth-order valence-electron chi connectivity index (χ4n) is 3.58. The van der Waals surface area contributed by atoms with Crippen molar-refractivity contribution in [3.8, 4) is 17.2 Å². The Morgan fingerprint density at radius 3 is 2.29 bits per heavy atom. The molecular weight excluding hydrogens is 453 g/mol. The maximum absolute atomic E-state index is 13.4. The van der Waals surface area contributed by atoms with Gasteiger partial charge in [0.05, 0.1) is 7.11 Å². The van der Waals surface area contributed by atoms with Crippen LogP contribution in [0.3, 0.4) is 0 Å². The summed E-state index contributed by atoms with van der Waals surface area (Å²) in [6.07, 6.45) is -3.59. The summed E-state index contributed by atoms with van der Waals surface area (Å²) in [5.41, 5.74) is -1.24. The first-order valence-corrected chi connectivity index (χ1v) is 10.9. The quantitative estimate of drug-likeness (QED) is 0.592.